The number of carbonyl (C=O) groups excluding carboxylic acids is 1. The second-order valence-corrected chi connectivity index (χ2v) is 8.74. The molecule has 140 valence electrons. The van der Waals surface area contributed by atoms with Crippen LogP contribution in [0.25, 0.3) is 0 Å². The molecule has 3 rings (SSSR count). The van der Waals surface area contributed by atoms with E-state index in [1.807, 2.05) is 13.0 Å². The van der Waals surface area contributed by atoms with Crippen LogP contribution in [0, 0.1) is 12.7 Å². The van der Waals surface area contributed by atoms with Crippen LogP contribution in [0.1, 0.15) is 15.2 Å². The fourth-order valence-electron chi connectivity index (χ4n) is 2.53. The molecule has 0 saturated carbocycles. The first-order chi connectivity index (χ1) is 12.8. The predicted octanol–water partition coefficient (Wildman–Crippen LogP) is 4.27. The van der Waals surface area contributed by atoms with Gasteiger partial charge in [-0.25, -0.2) is 12.8 Å². The SMILES string of the molecule is Cc1cccc(N(C)S(=O)(=O)c2ccsc2C(=O)Nc2cccc(F)c2)c1. The molecule has 0 aliphatic heterocycles. The summed E-state index contributed by atoms with van der Waals surface area (Å²) in [5.41, 5.74) is 1.67. The molecule has 1 amide bonds. The van der Waals surface area contributed by atoms with E-state index in [0.29, 0.717) is 5.69 Å². The molecule has 3 aromatic rings. The molecular weight excluding hydrogens is 387 g/mol. The van der Waals surface area contributed by atoms with Gasteiger partial charge in [0.25, 0.3) is 15.9 Å². The molecule has 0 fully saturated rings. The molecule has 0 aliphatic rings. The van der Waals surface area contributed by atoms with E-state index in [4.69, 9.17) is 0 Å². The number of anilines is 2. The minimum absolute atomic E-state index is 0.0405. The molecule has 5 nitrogen and oxygen atoms in total. The lowest BCUT2D eigenvalue weighted by Crippen LogP contribution is -2.28. The number of nitrogens with one attached hydrogen (secondary N) is 1. The van der Waals surface area contributed by atoms with Crippen LogP contribution in [0.4, 0.5) is 15.8 Å². The molecule has 0 aliphatic carbocycles. The van der Waals surface area contributed by atoms with Gasteiger partial charge in [-0.15, -0.1) is 11.3 Å². The molecule has 0 bridgehead atoms. The molecule has 2 aromatic carbocycles. The Labute approximate surface area is 161 Å². The van der Waals surface area contributed by atoms with Gasteiger partial charge < -0.3 is 5.32 Å². The predicted molar refractivity (Wildman–Crippen MR) is 105 cm³/mol. The molecule has 0 saturated heterocycles. The average Bonchev–Trinajstić information content (AvgIpc) is 3.12. The van der Waals surface area contributed by atoms with Gasteiger partial charge in [0.05, 0.1) is 5.69 Å². The van der Waals surface area contributed by atoms with Crippen LogP contribution in [0.2, 0.25) is 0 Å². The van der Waals surface area contributed by atoms with Crippen molar-refractivity contribution in [3.63, 3.8) is 0 Å². The highest BCUT2D eigenvalue weighted by molar-refractivity contribution is 7.93. The minimum Gasteiger partial charge on any atom is -0.321 e. The second-order valence-electron chi connectivity index (χ2n) is 5.89. The maximum atomic E-state index is 13.3. The third-order valence-electron chi connectivity index (χ3n) is 3.92. The summed E-state index contributed by atoms with van der Waals surface area (Å²) in [7, 11) is -2.49. The maximum Gasteiger partial charge on any atom is 0.267 e. The highest BCUT2D eigenvalue weighted by atomic mass is 32.2. The van der Waals surface area contributed by atoms with Gasteiger partial charge in [-0.1, -0.05) is 18.2 Å². The molecule has 27 heavy (non-hydrogen) atoms. The second kappa shape index (κ2) is 7.50. The number of hydrogen-bond donors (Lipinski definition) is 1. The van der Waals surface area contributed by atoms with E-state index in [1.165, 1.54) is 42.8 Å². The van der Waals surface area contributed by atoms with E-state index in [0.717, 1.165) is 21.2 Å². The Morgan fingerprint density at radius 2 is 1.85 bits per heavy atom. The number of nitrogens with zero attached hydrogens (tertiary/aromatic N) is 1. The molecule has 1 heterocycles. The lowest BCUT2D eigenvalue weighted by atomic mass is 10.2. The standard InChI is InChI=1S/C19H17FN2O3S2/c1-13-5-3-8-16(11-13)22(2)27(24,25)17-9-10-26-18(17)19(23)21-15-7-4-6-14(20)12-15/h3-12H,1-2H3,(H,21,23). The fraction of sp³-hybridized carbons (Fsp3) is 0.105. The van der Waals surface area contributed by atoms with Crippen LogP contribution in [0.3, 0.4) is 0 Å². The number of hydrogen-bond acceptors (Lipinski definition) is 4. The zero-order valence-corrected chi connectivity index (χ0v) is 16.3. The van der Waals surface area contributed by atoms with Gasteiger partial charge in [0.15, 0.2) is 0 Å². The van der Waals surface area contributed by atoms with Gasteiger partial charge in [-0.3, -0.25) is 9.10 Å². The first-order valence-electron chi connectivity index (χ1n) is 7.99. The summed E-state index contributed by atoms with van der Waals surface area (Å²) in [5.74, 6) is -1.10. The van der Waals surface area contributed by atoms with Crippen LogP contribution in [-0.2, 0) is 10.0 Å². The first kappa shape index (κ1) is 19.1. The van der Waals surface area contributed by atoms with E-state index < -0.39 is 21.7 Å². The molecule has 1 aromatic heterocycles. The molecular formula is C19H17FN2O3S2. The van der Waals surface area contributed by atoms with Crippen molar-refractivity contribution >= 4 is 38.6 Å². The quantitative estimate of drug-likeness (QED) is 0.690. The van der Waals surface area contributed by atoms with Gasteiger partial charge in [0.2, 0.25) is 0 Å². The van der Waals surface area contributed by atoms with Crippen LogP contribution >= 0.6 is 11.3 Å². The zero-order chi connectivity index (χ0) is 19.6. The highest BCUT2D eigenvalue weighted by Crippen LogP contribution is 2.29. The molecule has 0 atom stereocenters. The Kier molecular flexibility index (Phi) is 5.29. The monoisotopic (exact) mass is 404 g/mol. The van der Waals surface area contributed by atoms with Crippen molar-refractivity contribution in [3.05, 3.63) is 76.2 Å². The first-order valence-corrected chi connectivity index (χ1v) is 10.3. The summed E-state index contributed by atoms with van der Waals surface area (Å²) in [5, 5.41) is 4.07. The Hall–Kier alpha value is -2.71. The Bertz CT molecular complexity index is 1090. The zero-order valence-electron chi connectivity index (χ0n) is 14.6. The van der Waals surface area contributed by atoms with Crippen molar-refractivity contribution < 1.29 is 17.6 Å². The highest BCUT2D eigenvalue weighted by Gasteiger charge is 2.28. The van der Waals surface area contributed by atoms with Gasteiger partial charge in [0, 0.05) is 12.7 Å². The van der Waals surface area contributed by atoms with E-state index in [-0.39, 0.29) is 15.5 Å². The third kappa shape index (κ3) is 4.01. The summed E-state index contributed by atoms with van der Waals surface area (Å²) in [4.78, 5) is 12.5. The van der Waals surface area contributed by atoms with E-state index in [9.17, 15) is 17.6 Å². The van der Waals surface area contributed by atoms with E-state index in [1.54, 1.807) is 18.2 Å². The number of aryl methyl sites for hydroxylation is 1. The van der Waals surface area contributed by atoms with Gasteiger partial charge >= 0.3 is 0 Å². The van der Waals surface area contributed by atoms with Gasteiger partial charge in [0.1, 0.15) is 15.6 Å². The third-order valence-corrected chi connectivity index (χ3v) is 6.79. The largest absolute Gasteiger partial charge is 0.321 e. The Balaban J connectivity index is 1.92. The minimum atomic E-state index is -3.93. The van der Waals surface area contributed by atoms with Crippen LogP contribution in [-0.4, -0.2) is 21.4 Å². The summed E-state index contributed by atoms with van der Waals surface area (Å²) >= 11 is 1.01. The molecule has 1 N–H and O–H groups in total. The molecule has 8 heteroatoms. The normalized spacial score (nSPS) is 11.2. The number of sulfonamides is 1. The average molecular weight is 404 g/mol. The van der Waals surface area contributed by atoms with Crippen LogP contribution in [0.15, 0.2) is 64.9 Å². The summed E-state index contributed by atoms with van der Waals surface area (Å²) < 4.78 is 40.5. The number of halogens is 1. The van der Waals surface area contributed by atoms with Crippen LogP contribution < -0.4 is 9.62 Å². The maximum absolute atomic E-state index is 13.3. The number of benzene rings is 2. The molecule has 0 spiro atoms. The Morgan fingerprint density at radius 1 is 1.11 bits per heavy atom. The smallest absolute Gasteiger partial charge is 0.267 e. The van der Waals surface area contributed by atoms with E-state index >= 15 is 0 Å². The number of thiophene rings is 1. The lowest BCUT2D eigenvalue weighted by molar-refractivity contribution is 0.102. The van der Waals surface area contributed by atoms with Crippen molar-refractivity contribution in [2.75, 3.05) is 16.7 Å². The van der Waals surface area contributed by atoms with Crippen molar-refractivity contribution in [2.24, 2.45) is 0 Å². The summed E-state index contributed by atoms with van der Waals surface area (Å²) in [6.45, 7) is 1.87. The van der Waals surface area contributed by atoms with Crippen molar-refractivity contribution in [3.8, 4) is 0 Å². The number of amides is 1. The number of rotatable bonds is 5. The van der Waals surface area contributed by atoms with E-state index in [2.05, 4.69) is 5.32 Å². The van der Waals surface area contributed by atoms with Gasteiger partial charge in [-0.05, 0) is 54.3 Å². The van der Waals surface area contributed by atoms with Crippen LogP contribution in [0.5, 0.6) is 0 Å². The van der Waals surface area contributed by atoms with Gasteiger partial charge in [-0.2, -0.15) is 0 Å². The lowest BCUT2D eigenvalue weighted by Gasteiger charge is -2.20. The topological polar surface area (TPSA) is 66.5 Å². The molecule has 0 unspecified atom stereocenters. The fourth-order valence-corrected chi connectivity index (χ4v) is 5.01. The summed E-state index contributed by atoms with van der Waals surface area (Å²) in [6.07, 6.45) is 0. The Morgan fingerprint density at radius 3 is 2.56 bits per heavy atom. The number of carbonyl (C=O) groups is 1. The molecule has 0 radical (unpaired) electrons. The van der Waals surface area contributed by atoms with Crippen molar-refractivity contribution in [2.45, 2.75) is 11.8 Å². The summed E-state index contributed by atoms with van der Waals surface area (Å²) in [6, 6.07) is 13.9. The van der Waals surface area contributed by atoms with Crippen molar-refractivity contribution in [1.29, 1.82) is 0 Å². The van der Waals surface area contributed by atoms with Crippen molar-refractivity contribution in [1.82, 2.24) is 0 Å².